The SMILES string of the molecule is CC(C)(C)OC(=O)N1CCN(CCCCCCCCNS(=O)(=O)c2ccc(NC3CCCCC3)c(NCc3ccccc3)c2)CC1. The molecule has 2 aromatic carbocycles. The van der Waals surface area contributed by atoms with Crippen molar-refractivity contribution in [1.29, 1.82) is 0 Å². The van der Waals surface area contributed by atoms with Gasteiger partial charge >= 0.3 is 6.09 Å². The molecule has 0 unspecified atom stereocenters. The number of hydrogen-bond acceptors (Lipinski definition) is 7. The molecule has 0 aromatic heterocycles. The third-order valence-electron chi connectivity index (χ3n) is 8.81. The van der Waals surface area contributed by atoms with E-state index in [9.17, 15) is 13.2 Å². The minimum absolute atomic E-state index is 0.213. The quantitative estimate of drug-likeness (QED) is 0.164. The summed E-state index contributed by atoms with van der Waals surface area (Å²) in [5, 5.41) is 7.17. The van der Waals surface area contributed by atoms with Crippen molar-refractivity contribution in [3.8, 4) is 0 Å². The van der Waals surface area contributed by atoms with Gasteiger partial charge in [0.15, 0.2) is 0 Å². The molecule has 1 amide bonds. The Hall–Kier alpha value is -2.82. The van der Waals surface area contributed by atoms with Crippen LogP contribution in [0.25, 0.3) is 0 Å². The van der Waals surface area contributed by atoms with Gasteiger partial charge in [0.25, 0.3) is 0 Å². The fourth-order valence-corrected chi connectivity index (χ4v) is 7.26. The lowest BCUT2D eigenvalue weighted by Gasteiger charge is -2.35. The van der Waals surface area contributed by atoms with E-state index in [1.165, 1.54) is 19.3 Å². The fourth-order valence-electron chi connectivity index (χ4n) is 6.16. The predicted octanol–water partition coefficient (Wildman–Crippen LogP) is 7.21. The van der Waals surface area contributed by atoms with E-state index in [0.717, 1.165) is 101 Å². The Morgan fingerprint density at radius 1 is 0.848 bits per heavy atom. The van der Waals surface area contributed by atoms with E-state index in [1.54, 1.807) is 12.1 Å². The van der Waals surface area contributed by atoms with Gasteiger partial charge in [-0.2, -0.15) is 0 Å². The zero-order valence-electron chi connectivity index (χ0n) is 28.4. The van der Waals surface area contributed by atoms with Gasteiger partial charge in [-0.15, -0.1) is 0 Å². The van der Waals surface area contributed by atoms with Crippen LogP contribution in [0.1, 0.15) is 97.0 Å². The van der Waals surface area contributed by atoms with Crippen molar-refractivity contribution < 1.29 is 17.9 Å². The number of amides is 1. The lowest BCUT2D eigenvalue weighted by molar-refractivity contribution is 0.0144. The predicted molar refractivity (Wildman–Crippen MR) is 188 cm³/mol. The summed E-state index contributed by atoms with van der Waals surface area (Å²) in [6.45, 7) is 11.0. The summed E-state index contributed by atoms with van der Waals surface area (Å²) in [6.07, 6.45) is 12.2. The maximum absolute atomic E-state index is 13.2. The van der Waals surface area contributed by atoms with E-state index in [4.69, 9.17) is 4.74 Å². The van der Waals surface area contributed by atoms with Crippen molar-refractivity contribution in [2.75, 3.05) is 49.9 Å². The first-order valence-corrected chi connectivity index (χ1v) is 19.0. The van der Waals surface area contributed by atoms with Gasteiger partial charge in [-0.05, 0) is 76.8 Å². The van der Waals surface area contributed by atoms with E-state index in [0.29, 0.717) is 24.0 Å². The van der Waals surface area contributed by atoms with Crippen molar-refractivity contribution in [3.63, 3.8) is 0 Å². The highest BCUT2D eigenvalue weighted by Gasteiger charge is 2.25. The number of hydrogen-bond donors (Lipinski definition) is 3. The van der Waals surface area contributed by atoms with Crippen molar-refractivity contribution in [2.24, 2.45) is 0 Å². The van der Waals surface area contributed by atoms with Crippen LogP contribution in [0.4, 0.5) is 16.2 Å². The first-order valence-electron chi connectivity index (χ1n) is 17.5. The summed E-state index contributed by atoms with van der Waals surface area (Å²) in [4.78, 5) is 16.8. The molecule has 1 aliphatic heterocycles. The Morgan fingerprint density at radius 2 is 1.52 bits per heavy atom. The van der Waals surface area contributed by atoms with Gasteiger partial charge in [0, 0.05) is 45.3 Å². The van der Waals surface area contributed by atoms with Crippen LogP contribution in [0.15, 0.2) is 53.4 Å². The molecule has 4 rings (SSSR count). The Kier molecular flexibility index (Phi) is 14.0. The monoisotopic (exact) mass is 655 g/mol. The molecule has 0 atom stereocenters. The van der Waals surface area contributed by atoms with Crippen LogP contribution >= 0.6 is 0 Å². The van der Waals surface area contributed by atoms with Crippen molar-refractivity contribution in [3.05, 3.63) is 54.1 Å². The number of nitrogens with one attached hydrogen (secondary N) is 3. The van der Waals surface area contributed by atoms with Gasteiger partial charge in [-0.1, -0.05) is 75.3 Å². The summed E-state index contributed by atoms with van der Waals surface area (Å²) >= 11 is 0. The Balaban J connectivity index is 1.14. The lowest BCUT2D eigenvalue weighted by Crippen LogP contribution is -2.50. The number of unbranched alkanes of at least 4 members (excludes halogenated alkanes) is 5. The smallest absolute Gasteiger partial charge is 0.410 e. The van der Waals surface area contributed by atoms with Crippen LogP contribution in [0.3, 0.4) is 0 Å². The maximum atomic E-state index is 13.2. The van der Waals surface area contributed by atoms with E-state index in [1.807, 2.05) is 49.9 Å². The summed E-state index contributed by atoms with van der Waals surface area (Å²) < 4.78 is 34.7. The summed E-state index contributed by atoms with van der Waals surface area (Å²) in [5.41, 5.74) is 2.48. The highest BCUT2D eigenvalue weighted by Crippen LogP contribution is 2.30. The standard InChI is InChI=1S/C36H57N5O4S/c1-36(2,3)45-35(42)41-26-24-40(25-27-41)23-15-7-5-4-6-14-22-38-46(43,44)32-20-21-33(39-31-18-12-9-13-19-31)34(28-32)37-29-30-16-10-8-11-17-30/h8,10-11,16-17,20-21,28,31,37-39H,4-7,9,12-15,18-19,22-27,29H2,1-3H3. The molecule has 0 spiro atoms. The lowest BCUT2D eigenvalue weighted by atomic mass is 9.95. The van der Waals surface area contributed by atoms with Crippen LogP contribution in [0, 0.1) is 0 Å². The molecule has 2 aromatic rings. The minimum atomic E-state index is -3.60. The topological polar surface area (TPSA) is 103 Å². The van der Waals surface area contributed by atoms with E-state index in [2.05, 4.69) is 32.4 Å². The third kappa shape index (κ3) is 12.4. The number of piperazine rings is 1. The molecular formula is C36H57N5O4S. The number of nitrogens with zero attached hydrogens (tertiary/aromatic N) is 2. The molecule has 2 aliphatic rings. The number of carbonyl (C=O) groups excluding carboxylic acids is 1. The second-order valence-electron chi connectivity index (χ2n) is 13.9. The van der Waals surface area contributed by atoms with Gasteiger partial charge in [0.2, 0.25) is 10.0 Å². The zero-order valence-corrected chi connectivity index (χ0v) is 29.2. The third-order valence-corrected chi connectivity index (χ3v) is 10.3. The van der Waals surface area contributed by atoms with Crippen molar-refractivity contribution in [2.45, 2.75) is 114 Å². The normalized spacial score (nSPS) is 16.7. The summed E-state index contributed by atoms with van der Waals surface area (Å²) in [5.74, 6) is 0. The molecule has 1 saturated carbocycles. The molecule has 46 heavy (non-hydrogen) atoms. The molecule has 1 saturated heterocycles. The van der Waals surface area contributed by atoms with Crippen LogP contribution in [0.2, 0.25) is 0 Å². The van der Waals surface area contributed by atoms with Gasteiger partial charge < -0.3 is 20.3 Å². The molecule has 10 heteroatoms. The van der Waals surface area contributed by atoms with Crippen molar-refractivity contribution >= 4 is 27.5 Å². The van der Waals surface area contributed by atoms with Gasteiger partial charge in [0.05, 0.1) is 16.3 Å². The van der Waals surface area contributed by atoms with E-state index in [-0.39, 0.29) is 6.09 Å². The Labute approximate surface area is 277 Å². The highest BCUT2D eigenvalue weighted by atomic mass is 32.2. The molecule has 0 bridgehead atoms. The van der Waals surface area contributed by atoms with Gasteiger partial charge in [0.1, 0.15) is 5.60 Å². The molecule has 2 fully saturated rings. The number of ether oxygens (including phenoxy) is 1. The van der Waals surface area contributed by atoms with Crippen LogP contribution in [-0.4, -0.2) is 75.2 Å². The van der Waals surface area contributed by atoms with E-state index < -0.39 is 15.6 Å². The van der Waals surface area contributed by atoms with Gasteiger partial charge in [-0.3, -0.25) is 4.90 Å². The maximum Gasteiger partial charge on any atom is 0.410 e. The second kappa shape index (κ2) is 17.9. The summed E-state index contributed by atoms with van der Waals surface area (Å²) in [6, 6.07) is 16.0. The summed E-state index contributed by atoms with van der Waals surface area (Å²) in [7, 11) is -3.60. The van der Waals surface area contributed by atoms with Crippen LogP contribution < -0.4 is 15.4 Å². The molecule has 256 valence electrons. The van der Waals surface area contributed by atoms with Crippen molar-refractivity contribution in [1.82, 2.24) is 14.5 Å². The Morgan fingerprint density at radius 3 is 2.22 bits per heavy atom. The highest BCUT2D eigenvalue weighted by molar-refractivity contribution is 7.89. The van der Waals surface area contributed by atoms with Gasteiger partial charge in [-0.25, -0.2) is 17.9 Å². The average Bonchev–Trinajstić information content (AvgIpc) is 3.04. The number of rotatable bonds is 16. The molecule has 1 aliphatic carbocycles. The number of benzene rings is 2. The molecular weight excluding hydrogens is 598 g/mol. The van der Waals surface area contributed by atoms with Crippen LogP contribution in [-0.2, 0) is 21.3 Å². The second-order valence-corrected chi connectivity index (χ2v) is 15.6. The number of sulfonamides is 1. The molecule has 1 heterocycles. The number of carbonyl (C=O) groups is 1. The van der Waals surface area contributed by atoms with Crippen LogP contribution in [0.5, 0.6) is 0 Å². The molecule has 9 nitrogen and oxygen atoms in total. The molecule has 3 N–H and O–H groups in total. The van der Waals surface area contributed by atoms with E-state index >= 15 is 0 Å². The average molecular weight is 656 g/mol. The minimum Gasteiger partial charge on any atom is -0.444 e. The number of anilines is 2. The fraction of sp³-hybridized carbons (Fsp3) is 0.639. The zero-order chi connectivity index (χ0) is 32.8. The largest absolute Gasteiger partial charge is 0.444 e. The molecule has 0 radical (unpaired) electrons. The first-order chi connectivity index (χ1) is 22.1. The first kappa shape index (κ1) is 36.0. The Bertz CT molecular complexity index is 1300.